The minimum Gasteiger partial charge on any atom is -0.346 e. The second-order valence-corrected chi connectivity index (χ2v) is 8.15. The molecule has 1 aromatic carbocycles. The zero-order valence-electron chi connectivity index (χ0n) is 15.1. The van der Waals surface area contributed by atoms with E-state index in [1.165, 1.54) is 10.5 Å². The Morgan fingerprint density at radius 3 is 2.54 bits per heavy atom. The van der Waals surface area contributed by atoms with Crippen molar-refractivity contribution in [3.05, 3.63) is 29.8 Å². The average Bonchev–Trinajstić information content (AvgIpc) is 2.74. The van der Waals surface area contributed by atoms with E-state index in [-0.39, 0.29) is 5.54 Å². The Labute approximate surface area is 150 Å². The van der Waals surface area contributed by atoms with Gasteiger partial charge in [0.05, 0.1) is 0 Å². The molecule has 3 rings (SSSR count). The van der Waals surface area contributed by atoms with Crippen LogP contribution in [0.15, 0.2) is 29.2 Å². The van der Waals surface area contributed by atoms with Crippen LogP contribution in [0.4, 0.5) is 0 Å². The second-order valence-electron chi connectivity index (χ2n) is 7.27. The van der Waals surface area contributed by atoms with Gasteiger partial charge in [0.15, 0.2) is 0 Å². The van der Waals surface area contributed by atoms with Crippen molar-refractivity contribution in [2.75, 3.05) is 46.5 Å². The number of amides is 1. The number of benzene rings is 1. The fourth-order valence-corrected chi connectivity index (χ4v) is 4.37. The van der Waals surface area contributed by atoms with Crippen molar-refractivity contribution in [3.63, 3.8) is 0 Å². The number of carbonyl (C=O) groups is 1. The molecule has 5 heteroatoms. The highest BCUT2D eigenvalue weighted by molar-refractivity contribution is 7.98. The maximum atomic E-state index is 12.1. The fraction of sp³-hybridized carbons (Fsp3) is 0.632. The molecule has 1 atom stereocenters. The first-order valence-electron chi connectivity index (χ1n) is 8.83. The van der Waals surface area contributed by atoms with Crippen LogP contribution >= 0.6 is 11.8 Å². The van der Waals surface area contributed by atoms with Gasteiger partial charge < -0.3 is 4.90 Å². The van der Waals surface area contributed by atoms with Crippen molar-refractivity contribution in [1.29, 1.82) is 0 Å². The highest BCUT2D eigenvalue weighted by Gasteiger charge is 2.41. The summed E-state index contributed by atoms with van der Waals surface area (Å²) < 4.78 is 0. The van der Waals surface area contributed by atoms with Crippen molar-refractivity contribution in [2.45, 2.75) is 36.2 Å². The lowest BCUT2D eigenvalue weighted by Crippen LogP contribution is -2.60. The monoisotopic (exact) mass is 347 g/mol. The minimum absolute atomic E-state index is 0.151. The third-order valence-corrected chi connectivity index (χ3v) is 6.53. The zero-order valence-corrected chi connectivity index (χ0v) is 15.9. The van der Waals surface area contributed by atoms with E-state index in [0.29, 0.717) is 12.3 Å². The quantitative estimate of drug-likeness (QED) is 0.785. The minimum atomic E-state index is 0.151. The van der Waals surface area contributed by atoms with Crippen LogP contribution in [0.2, 0.25) is 0 Å². The Morgan fingerprint density at radius 1 is 1.08 bits per heavy atom. The summed E-state index contributed by atoms with van der Waals surface area (Å²) in [5, 5.41) is 0. The van der Waals surface area contributed by atoms with E-state index >= 15 is 0 Å². The molecule has 1 unspecified atom stereocenters. The molecule has 1 aromatic rings. The number of likely N-dealkylation sites (tertiary alicyclic amines) is 1. The third kappa shape index (κ3) is 3.79. The van der Waals surface area contributed by atoms with E-state index in [4.69, 9.17) is 0 Å². The normalized spacial score (nSPS) is 26.8. The standard InChI is InChI=1S/C19H29N3OS/c1-20-11-10-19(9-8-18(20)23)15-22(13-12-21(19)2)14-16-4-6-17(24-3)7-5-16/h4-7H,8-15H2,1-3H3. The van der Waals surface area contributed by atoms with Gasteiger partial charge in [-0.05, 0) is 43.8 Å². The average molecular weight is 348 g/mol. The fourth-order valence-electron chi connectivity index (χ4n) is 3.96. The number of rotatable bonds is 3. The molecule has 0 aromatic heterocycles. The molecule has 2 heterocycles. The smallest absolute Gasteiger partial charge is 0.222 e. The van der Waals surface area contributed by atoms with E-state index in [1.54, 1.807) is 11.8 Å². The Kier molecular flexibility index (Phi) is 5.52. The van der Waals surface area contributed by atoms with Gasteiger partial charge in [0.2, 0.25) is 5.91 Å². The van der Waals surface area contributed by atoms with Crippen LogP contribution in [0.25, 0.3) is 0 Å². The molecule has 1 spiro atoms. The van der Waals surface area contributed by atoms with Gasteiger partial charge in [-0.15, -0.1) is 11.8 Å². The predicted octanol–water partition coefficient (Wildman–Crippen LogP) is 2.54. The van der Waals surface area contributed by atoms with Gasteiger partial charge in [-0.25, -0.2) is 0 Å². The molecule has 0 N–H and O–H groups in total. The van der Waals surface area contributed by atoms with Gasteiger partial charge in [-0.2, -0.15) is 0 Å². The largest absolute Gasteiger partial charge is 0.346 e. The lowest BCUT2D eigenvalue weighted by molar-refractivity contribution is -0.129. The maximum absolute atomic E-state index is 12.1. The molecule has 0 saturated carbocycles. The summed E-state index contributed by atoms with van der Waals surface area (Å²) >= 11 is 1.79. The Balaban J connectivity index is 1.69. The van der Waals surface area contributed by atoms with Crippen molar-refractivity contribution >= 4 is 17.7 Å². The molecule has 2 fully saturated rings. The van der Waals surface area contributed by atoms with Crippen LogP contribution in [0, 0.1) is 0 Å². The van der Waals surface area contributed by atoms with E-state index in [2.05, 4.69) is 47.4 Å². The van der Waals surface area contributed by atoms with E-state index < -0.39 is 0 Å². The zero-order chi connectivity index (χ0) is 17.2. The molecule has 0 radical (unpaired) electrons. The number of hydrogen-bond acceptors (Lipinski definition) is 4. The SMILES string of the molecule is CSc1ccc(CN2CCN(C)C3(CCC(=O)N(C)CC3)C2)cc1. The maximum Gasteiger partial charge on any atom is 0.222 e. The molecule has 1 amide bonds. The van der Waals surface area contributed by atoms with Gasteiger partial charge in [0.25, 0.3) is 0 Å². The summed E-state index contributed by atoms with van der Waals surface area (Å²) in [5.41, 5.74) is 1.53. The van der Waals surface area contributed by atoms with Gasteiger partial charge >= 0.3 is 0 Å². The van der Waals surface area contributed by atoms with E-state index in [0.717, 1.165) is 45.6 Å². The van der Waals surface area contributed by atoms with Crippen molar-refractivity contribution in [3.8, 4) is 0 Å². The Hall–Kier alpha value is -1.04. The first-order valence-corrected chi connectivity index (χ1v) is 10.1. The number of likely N-dealkylation sites (N-methyl/N-ethyl adjacent to an activating group) is 1. The molecule has 2 saturated heterocycles. The first kappa shape index (κ1) is 17.8. The first-order chi connectivity index (χ1) is 11.5. The lowest BCUT2D eigenvalue weighted by Gasteiger charge is -2.49. The van der Waals surface area contributed by atoms with Gasteiger partial charge in [-0.1, -0.05) is 12.1 Å². The van der Waals surface area contributed by atoms with Crippen molar-refractivity contribution in [1.82, 2.24) is 14.7 Å². The number of thioether (sulfide) groups is 1. The highest BCUT2D eigenvalue weighted by Crippen LogP contribution is 2.32. The Morgan fingerprint density at radius 2 is 1.83 bits per heavy atom. The molecule has 0 bridgehead atoms. The highest BCUT2D eigenvalue weighted by atomic mass is 32.2. The van der Waals surface area contributed by atoms with Crippen LogP contribution in [0.5, 0.6) is 0 Å². The summed E-state index contributed by atoms with van der Waals surface area (Å²) in [4.78, 5) is 20.4. The lowest BCUT2D eigenvalue weighted by atomic mass is 9.86. The number of nitrogens with zero attached hydrogens (tertiary/aromatic N) is 3. The van der Waals surface area contributed by atoms with E-state index in [1.807, 2.05) is 11.9 Å². The van der Waals surface area contributed by atoms with Crippen LogP contribution in [-0.4, -0.2) is 72.7 Å². The molecule has 24 heavy (non-hydrogen) atoms. The van der Waals surface area contributed by atoms with Gasteiger partial charge in [0, 0.05) is 56.6 Å². The predicted molar refractivity (Wildman–Crippen MR) is 100 cm³/mol. The number of piperazine rings is 1. The Bertz CT molecular complexity index is 576. The molecule has 132 valence electrons. The molecule has 2 aliphatic rings. The number of carbonyl (C=O) groups excluding carboxylic acids is 1. The topological polar surface area (TPSA) is 26.8 Å². The summed E-state index contributed by atoms with van der Waals surface area (Å²) in [6.07, 6.45) is 4.85. The van der Waals surface area contributed by atoms with Gasteiger partial charge in [-0.3, -0.25) is 14.6 Å². The summed E-state index contributed by atoms with van der Waals surface area (Å²) in [7, 11) is 4.18. The van der Waals surface area contributed by atoms with Crippen LogP contribution in [0.3, 0.4) is 0 Å². The number of hydrogen-bond donors (Lipinski definition) is 0. The molecule has 4 nitrogen and oxygen atoms in total. The summed E-state index contributed by atoms with van der Waals surface area (Å²) in [6, 6.07) is 8.93. The van der Waals surface area contributed by atoms with Crippen LogP contribution < -0.4 is 0 Å². The summed E-state index contributed by atoms with van der Waals surface area (Å²) in [5.74, 6) is 0.296. The van der Waals surface area contributed by atoms with E-state index in [9.17, 15) is 4.79 Å². The summed E-state index contributed by atoms with van der Waals surface area (Å²) in [6.45, 7) is 5.13. The third-order valence-electron chi connectivity index (χ3n) is 5.79. The van der Waals surface area contributed by atoms with Crippen molar-refractivity contribution < 1.29 is 4.79 Å². The van der Waals surface area contributed by atoms with Crippen LogP contribution in [0.1, 0.15) is 24.8 Å². The van der Waals surface area contributed by atoms with Crippen LogP contribution in [-0.2, 0) is 11.3 Å². The van der Waals surface area contributed by atoms with Crippen molar-refractivity contribution in [2.24, 2.45) is 0 Å². The molecular weight excluding hydrogens is 318 g/mol. The molecule has 2 aliphatic heterocycles. The molecule has 0 aliphatic carbocycles. The van der Waals surface area contributed by atoms with Gasteiger partial charge in [0.1, 0.15) is 0 Å². The second kappa shape index (κ2) is 7.46. The molecular formula is C19H29N3OS.